The van der Waals surface area contributed by atoms with Gasteiger partial charge in [-0.3, -0.25) is 0 Å². The number of benzene rings is 7. The first kappa shape index (κ1) is 34.8. The van der Waals surface area contributed by atoms with Crippen LogP contribution in [0.25, 0.3) is 22.3 Å². The number of hydrogen-bond donors (Lipinski definition) is 2. The van der Waals surface area contributed by atoms with Crippen molar-refractivity contribution >= 4 is 63.3 Å². The van der Waals surface area contributed by atoms with Crippen molar-refractivity contribution < 1.29 is 10.2 Å². The minimum absolute atomic E-state index is 0.00335. The van der Waals surface area contributed by atoms with Crippen molar-refractivity contribution in [2.45, 2.75) is 52.4 Å². The summed E-state index contributed by atoms with van der Waals surface area (Å²) >= 11 is 0. The molecule has 5 heteroatoms. The number of aromatic hydroxyl groups is 2. The molecule has 0 aliphatic carbocycles. The molecule has 55 heavy (non-hydrogen) atoms. The normalized spacial score (nSPS) is 13.3. The van der Waals surface area contributed by atoms with Gasteiger partial charge in [-0.1, -0.05) is 168 Å². The van der Waals surface area contributed by atoms with Gasteiger partial charge in [0.1, 0.15) is 11.5 Å². The summed E-state index contributed by atoms with van der Waals surface area (Å²) in [5, 5.41) is 20.1. The highest BCUT2D eigenvalue weighted by Gasteiger charge is 2.43. The Morgan fingerprint density at radius 2 is 0.927 bits per heavy atom. The quantitative estimate of drug-likeness (QED) is 0.181. The van der Waals surface area contributed by atoms with E-state index < -0.39 is 0 Å². The first-order valence-corrected chi connectivity index (χ1v) is 19.4. The lowest BCUT2D eigenvalue weighted by Gasteiger charge is -2.44. The molecule has 0 spiro atoms. The van der Waals surface area contributed by atoms with Crippen molar-refractivity contribution in [3.63, 3.8) is 0 Å². The zero-order valence-corrected chi connectivity index (χ0v) is 32.4. The molecule has 0 unspecified atom stereocenters. The summed E-state index contributed by atoms with van der Waals surface area (Å²) in [4.78, 5) is 2.55. The molecule has 0 bridgehead atoms. The minimum atomic E-state index is -0.0399. The summed E-state index contributed by atoms with van der Waals surface area (Å²) in [6.07, 6.45) is 0. The highest BCUT2D eigenvalue weighted by molar-refractivity contribution is 7.02. The van der Waals surface area contributed by atoms with E-state index in [9.17, 15) is 10.2 Å². The predicted molar refractivity (Wildman–Crippen MR) is 235 cm³/mol. The van der Waals surface area contributed by atoms with Gasteiger partial charge in [0.15, 0.2) is 0 Å². The molecule has 9 rings (SSSR count). The first-order valence-electron chi connectivity index (χ1n) is 19.4. The van der Waals surface area contributed by atoms with Crippen molar-refractivity contribution in [1.82, 2.24) is 0 Å². The molecule has 2 aliphatic rings. The van der Waals surface area contributed by atoms with Crippen molar-refractivity contribution in [1.29, 1.82) is 0 Å². The molecule has 0 saturated carbocycles. The fourth-order valence-corrected chi connectivity index (χ4v) is 8.73. The average molecular weight is 714 g/mol. The lowest BCUT2D eigenvalue weighted by atomic mass is 9.30. The molecule has 0 radical (unpaired) electrons. The van der Waals surface area contributed by atoms with Crippen LogP contribution in [0.5, 0.6) is 11.5 Å². The van der Waals surface area contributed by atoms with E-state index in [1.54, 1.807) is 24.3 Å². The molecule has 7 aromatic rings. The molecular weight excluding hydrogens is 668 g/mol. The van der Waals surface area contributed by atoms with Gasteiger partial charge in [0.05, 0.1) is 0 Å². The fourth-order valence-electron chi connectivity index (χ4n) is 8.73. The van der Waals surface area contributed by atoms with Crippen LogP contribution in [0.4, 0.5) is 17.1 Å². The molecule has 0 saturated heterocycles. The molecule has 2 aliphatic heterocycles. The summed E-state index contributed by atoms with van der Waals surface area (Å²) < 4.78 is 0. The number of hydrogen-bond acceptors (Lipinski definition) is 3. The number of anilines is 3. The number of phenols is 2. The van der Waals surface area contributed by atoms with E-state index in [-0.39, 0.29) is 35.8 Å². The zero-order valence-electron chi connectivity index (χ0n) is 32.4. The van der Waals surface area contributed by atoms with E-state index in [0.717, 1.165) is 22.3 Å². The second-order valence-electron chi connectivity index (χ2n) is 17.4. The Labute approximate surface area is 326 Å². The fraction of sp³-hybridized carbons (Fsp3) is 0.160. The third-order valence-electron chi connectivity index (χ3n) is 11.7. The third-order valence-corrected chi connectivity index (χ3v) is 11.7. The lowest BCUT2D eigenvalue weighted by molar-refractivity contribution is 0.475. The standard InChI is InChI=1S/C50H45B2NO2/c1-49(2,3)36-18-21-38(22-19-36)51-43-11-8-12-44-48(43)53(46-28-17-35(30-45(46)51)33-15-25-41(55)26-16-33)47-31-37(50(4,5)6)20-27-42(47)52(44)39-10-7-9-34(29-39)32-13-23-40(54)24-14-32/h7-31,54-55H,1-6H3. The van der Waals surface area contributed by atoms with Crippen molar-refractivity contribution in [2.75, 3.05) is 4.90 Å². The van der Waals surface area contributed by atoms with Crippen LogP contribution in [-0.2, 0) is 10.8 Å². The Hall–Kier alpha value is -5.93. The van der Waals surface area contributed by atoms with E-state index >= 15 is 0 Å². The molecule has 2 heterocycles. The third kappa shape index (κ3) is 6.03. The summed E-state index contributed by atoms with van der Waals surface area (Å²) in [7, 11) is 0. The zero-order chi connectivity index (χ0) is 38.2. The van der Waals surface area contributed by atoms with Crippen LogP contribution in [0.3, 0.4) is 0 Å². The molecule has 0 aromatic heterocycles. The molecule has 3 nitrogen and oxygen atoms in total. The Morgan fingerprint density at radius 3 is 1.53 bits per heavy atom. The Balaban J connectivity index is 1.31. The Morgan fingerprint density at radius 1 is 0.400 bits per heavy atom. The van der Waals surface area contributed by atoms with Gasteiger partial charge in [0.25, 0.3) is 0 Å². The number of phenolic OH excluding ortho intramolecular Hbond substituents is 2. The number of nitrogens with zero attached hydrogens (tertiary/aromatic N) is 1. The Kier molecular flexibility index (Phi) is 8.13. The molecule has 2 N–H and O–H groups in total. The average Bonchev–Trinajstić information content (AvgIpc) is 3.17. The van der Waals surface area contributed by atoms with Crippen LogP contribution in [0, 0.1) is 0 Å². The highest BCUT2D eigenvalue weighted by atomic mass is 16.3. The van der Waals surface area contributed by atoms with Crippen LogP contribution in [0.1, 0.15) is 52.7 Å². The summed E-state index contributed by atoms with van der Waals surface area (Å²) in [6.45, 7) is 13.7. The van der Waals surface area contributed by atoms with Crippen molar-refractivity contribution in [3.8, 4) is 33.8 Å². The van der Waals surface area contributed by atoms with E-state index in [1.165, 1.54) is 61.0 Å². The Bertz CT molecular complexity index is 2580. The minimum Gasteiger partial charge on any atom is -0.508 e. The monoisotopic (exact) mass is 713 g/mol. The first-order chi connectivity index (χ1) is 26.3. The molecule has 0 fully saturated rings. The predicted octanol–water partition coefficient (Wildman–Crippen LogP) is 8.16. The van der Waals surface area contributed by atoms with Gasteiger partial charge in [0, 0.05) is 17.1 Å². The smallest absolute Gasteiger partial charge is 0.246 e. The molecule has 7 aromatic carbocycles. The van der Waals surface area contributed by atoms with Crippen LogP contribution >= 0.6 is 0 Å². The van der Waals surface area contributed by atoms with Gasteiger partial charge in [0.2, 0.25) is 13.4 Å². The maximum atomic E-state index is 10.1. The molecule has 268 valence electrons. The topological polar surface area (TPSA) is 43.7 Å². The molecule has 0 amide bonds. The summed E-state index contributed by atoms with van der Waals surface area (Å²) in [5.41, 5.74) is 18.3. The number of rotatable bonds is 4. The highest BCUT2D eigenvalue weighted by Crippen LogP contribution is 2.40. The summed E-state index contributed by atoms with van der Waals surface area (Å²) in [5.74, 6) is 0.535. The van der Waals surface area contributed by atoms with E-state index in [4.69, 9.17) is 0 Å². The number of para-hydroxylation sites is 1. The summed E-state index contributed by atoms with van der Waals surface area (Å²) in [6, 6.07) is 54.2. The van der Waals surface area contributed by atoms with Gasteiger partial charge in [-0.05, 0) is 102 Å². The second-order valence-corrected chi connectivity index (χ2v) is 17.4. The maximum absolute atomic E-state index is 10.1. The van der Waals surface area contributed by atoms with Crippen molar-refractivity contribution in [2.24, 2.45) is 0 Å². The second kappa shape index (κ2) is 12.8. The van der Waals surface area contributed by atoms with Gasteiger partial charge >= 0.3 is 0 Å². The van der Waals surface area contributed by atoms with Gasteiger partial charge in [-0.25, -0.2) is 0 Å². The van der Waals surface area contributed by atoms with Crippen LogP contribution in [0.15, 0.2) is 152 Å². The number of fused-ring (bicyclic) bond motifs is 4. The van der Waals surface area contributed by atoms with E-state index in [1.807, 2.05) is 24.3 Å². The van der Waals surface area contributed by atoms with E-state index in [0.29, 0.717) is 0 Å². The maximum Gasteiger partial charge on any atom is 0.246 e. The largest absolute Gasteiger partial charge is 0.508 e. The lowest BCUT2D eigenvalue weighted by Crippen LogP contribution is -2.65. The molecule has 0 atom stereocenters. The van der Waals surface area contributed by atoms with Gasteiger partial charge < -0.3 is 15.1 Å². The van der Waals surface area contributed by atoms with Gasteiger partial charge in [-0.15, -0.1) is 0 Å². The van der Waals surface area contributed by atoms with Gasteiger partial charge in [-0.2, -0.15) is 0 Å². The van der Waals surface area contributed by atoms with Crippen LogP contribution in [-0.4, -0.2) is 23.6 Å². The SMILES string of the molecule is CC(C)(C)c1ccc(B2c3cc(-c4ccc(O)cc4)ccc3N3c4cc(C(C)(C)C)ccc4B(c4cccc(-c5ccc(O)cc5)c4)c4cccc2c43)cc1. The van der Waals surface area contributed by atoms with Crippen LogP contribution in [0.2, 0.25) is 0 Å². The van der Waals surface area contributed by atoms with Crippen LogP contribution < -0.4 is 37.7 Å². The van der Waals surface area contributed by atoms with Crippen molar-refractivity contribution in [3.05, 3.63) is 163 Å². The molecular formula is C50H45B2NO2. The van der Waals surface area contributed by atoms with E-state index in [2.05, 4.69) is 150 Å².